The van der Waals surface area contributed by atoms with Gasteiger partial charge in [-0.25, -0.2) is 9.97 Å². The third-order valence-corrected chi connectivity index (χ3v) is 7.13. The highest BCUT2D eigenvalue weighted by molar-refractivity contribution is 6.33. The Morgan fingerprint density at radius 2 is 1.92 bits per heavy atom. The standard InChI is InChI=1S/C26H35ClN6O3/c1-25(2,34)16-31-18-3-5-19(6-4-18)32-23-11-20(21(27)12-30-23)22-13-29-14-24(33-22)36-17-26(15-28)7-9-35-10-8-26/h11-14,18-19,31,34H,3-10,16-17H2,1-2H3,(H,30,32)/t18-,19-. The summed E-state index contributed by atoms with van der Waals surface area (Å²) < 4.78 is 11.3. The molecule has 10 heteroatoms. The second-order valence-corrected chi connectivity index (χ2v) is 10.9. The summed E-state index contributed by atoms with van der Waals surface area (Å²) in [7, 11) is 0. The van der Waals surface area contributed by atoms with Gasteiger partial charge in [-0.2, -0.15) is 5.26 Å². The Balaban J connectivity index is 1.37. The molecule has 2 aromatic rings. The monoisotopic (exact) mass is 514 g/mol. The van der Waals surface area contributed by atoms with E-state index >= 15 is 0 Å². The van der Waals surface area contributed by atoms with Gasteiger partial charge < -0.3 is 25.2 Å². The predicted octanol–water partition coefficient (Wildman–Crippen LogP) is 3.97. The Morgan fingerprint density at radius 3 is 2.61 bits per heavy atom. The van der Waals surface area contributed by atoms with E-state index in [0.717, 1.165) is 31.5 Å². The molecule has 2 aliphatic rings. The van der Waals surface area contributed by atoms with Gasteiger partial charge in [0.2, 0.25) is 5.88 Å². The van der Waals surface area contributed by atoms with Crippen LogP contribution in [0.3, 0.4) is 0 Å². The van der Waals surface area contributed by atoms with Crippen LogP contribution in [0.5, 0.6) is 5.88 Å². The normalized spacial score (nSPS) is 22.0. The van der Waals surface area contributed by atoms with Gasteiger partial charge in [0.25, 0.3) is 0 Å². The Bertz CT molecular complexity index is 1060. The predicted molar refractivity (Wildman–Crippen MR) is 138 cm³/mol. The van der Waals surface area contributed by atoms with E-state index in [1.165, 1.54) is 0 Å². The molecule has 9 nitrogen and oxygen atoms in total. The van der Waals surface area contributed by atoms with E-state index in [4.69, 9.17) is 21.1 Å². The van der Waals surface area contributed by atoms with E-state index in [0.29, 0.717) is 66.8 Å². The van der Waals surface area contributed by atoms with Crippen molar-refractivity contribution in [3.63, 3.8) is 0 Å². The summed E-state index contributed by atoms with van der Waals surface area (Å²) >= 11 is 6.48. The van der Waals surface area contributed by atoms with Crippen molar-refractivity contribution in [2.24, 2.45) is 5.41 Å². The van der Waals surface area contributed by atoms with Gasteiger partial charge >= 0.3 is 0 Å². The summed E-state index contributed by atoms with van der Waals surface area (Å²) in [5, 5.41) is 27.1. The number of aromatic nitrogens is 3. The Kier molecular flexibility index (Phi) is 8.62. The molecule has 0 unspecified atom stereocenters. The molecule has 36 heavy (non-hydrogen) atoms. The molecule has 3 N–H and O–H groups in total. The largest absolute Gasteiger partial charge is 0.475 e. The zero-order valence-electron chi connectivity index (χ0n) is 21.0. The maximum atomic E-state index is 9.94. The van der Waals surface area contributed by atoms with Gasteiger partial charge in [-0.3, -0.25) is 4.98 Å². The van der Waals surface area contributed by atoms with Gasteiger partial charge in [0.15, 0.2) is 0 Å². The number of nitrogens with one attached hydrogen (secondary N) is 2. The molecule has 2 aromatic heterocycles. The number of pyridine rings is 1. The first-order chi connectivity index (χ1) is 17.3. The number of aliphatic hydroxyl groups is 1. The van der Waals surface area contributed by atoms with Crippen LogP contribution in [0.4, 0.5) is 5.82 Å². The lowest BCUT2D eigenvalue weighted by Gasteiger charge is -2.31. The van der Waals surface area contributed by atoms with Crippen LogP contribution in [0.15, 0.2) is 24.7 Å². The minimum absolute atomic E-state index is 0.245. The van der Waals surface area contributed by atoms with E-state index in [9.17, 15) is 10.4 Å². The first kappa shape index (κ1) is 26.6. The van der Waals surface area contributed by atoms with Crippen molar-refractivity contribution >= 4 is 17.4 Å². The molecular weight excluding hydrogens is 480 g/mol. The molecule has 1 saturated carbocycles. The molecule has 0 spiro atoms. The van der Waals surface area contributed by atoms with E-state index in [1.807, 2.05) is 19.9 Å². The molecule has 0 atom stereocenters. The van der Waals surface area contributed by atoms with Gasteiger partial charge in [0.1, 0.15) is 12.4 Å². The summed E-state index contributed by atoms with van der Waals surface area (Å²) in [5.74, 6) is 1.09. The Labute approximate surface area is 217 Å². The molecule has 2 fully saturated rings. The number of hydrogen-bond acceptors (Lipinski definition) is 9. The van der Waals surface area contributed by atoms with Gasteiger partial charge in [-0.1, -0.05) is 11.6 Å². The summed E-state index contributed by atoms with van der Waals surface area (Å²) in [6, 6.07) is 5.03. The lowest BCUT2D eigenvalue weighted by molar-refractivity contribution is 0.0182. The minimum Gasteiger partial charge on any atom is -0.475 e. The third kappa shape index (κ3) is 7.26. The second kappa shape index (κ2) is 11.7. The smallest absolute Gasteiger partial charge is 0.232 e. The van der Waals surface area contributed by atoms with Crippen molar-refractivity contribution in [2.75, 3.05) is 31.7 Å². The highest BCUT2D eigenvalue weighted by Crippen LogP contribution is 2.32. The maximum Gasteiger partial charge on any atom is 0.232 e. The van der Waals surface area contributed by atoms with Crippen LogP contribution in [0.25, 0.3) is 11.3 Å². The van der Waals surface area contributed by atoms with Crippen molar-refractivity contribution in [3.8, 4) is 23.2 Å². The van der Waals surface area contributed by atoms with Crippen LogP contribution < -0.4 is 15.4 Å². The Morgan fingerprint density at radius 1 is 1.19 bits per heavy atom. The lowest BCUT2D eigenvalue weighted by atomic mass is 9.83. The van der Waals surface area contributed by atoms with Crippen molar-refractivity contribution in [3.05, 3.63) is 29.7 Å². The molecule has 0 amide bonds. The lowest BCUT2D eigenvalue weighted by Crippen LogP contribution is -2.43. The first-order valence-electron chi connectivity index (χ1n) is 12.6. The van der Waals surface area contributed by atoms with Crippen LogP contribution in [0.2, 0.25) is 5.02 Å². The molecule has 4 rings (SSSR count). The number of nitriles is 1. The molecule has 194 valence electrons. The molecule has 1 saturated heterocycles. The van der Waals surface area contributed by atoms with E-state index in [-0.39, 0.29) is 6.61 Å². The molecule has 3 heterocycles. The average Bonchev–Trinajstić information content (AvgIpc) is 2.88. The fourth-order valence-corrected chi connectivity index (χ4v) is 4.77. The number of halogens is 1. The molecular formula is C26H35ClN6O3. The van der Waals surface area contributed by atoms with E-state index in [1.54, 1.807) is 18.6 Å². The summed E-state index contributed by atoms with van der Waals surface area (Å²) in [4.78, 5) is 13.3. The van der Waals surface area contributed by atoms with Crippen LogP contribution in [-0.2, 0) is 4.74 Å². The summed E-state index contributed by atoms with van der Waals surface area (Å²) in [6.07, 6.45) is 10.2. The molecule has 0 bridgehead atoms. The van der Waals surface area contributed by atoms with Crippen molar-refractivity contribution < 1.29 is 14.6 Å². The highest BCUT2D eigenvalue weighted by atomic mass is 35.5. The highest BCUT2D eigenvalue weighted by Gasteiger charge is 2.34. The quantitative estimate of drug-likeness (QED) is 0.455. The first-order valence-corrected chi connectivity index (χ1v) is 13.0. The number of nitrogens with zero attached hydrogens (tertiary/aromatic N) is 4. The Hall–Kier alpha value is -2.51. The average molecular weight is 515 g/mol. The molecule has 0 aromatic carbocycles. The summed E-state index contributed by atoms with van der Waals surface area (Å²) in [5.41, 5.74) is 0.0324. The van der Waals surface area contributed by atoms with Gasteiger partial charge in [-0.05, 0) is 58.4 Å². The third-order valence-electron chi connectivity index (χ3n) is 6.83. The van der Waals surface area contributed by atoms with Crippen LogP contribution >= 0.6 is 11.6 Å². The van der Waals surface area contributed by atoms with Gasteiger partial charge in [-0.15, -0.1) is 0 Å². The maximum absolute atomic E-state index is 9.94. The molecule has 1 aliphatic carbocycles. The van der Waals surface area contributed by atoms with Gasteiger partial charge in [0.05, 0.1) is 40.2 Å². The van der Waals surface area contributed by atoms with Crippen LogP contribution in [0.1, 0.15) is 52.4 Å². The van der Waals surface area contributed by atoms with Crippen molar-refractivity contribution in [2.45, 2.75) is 70.1 Å². The molecule has 0 radical (unpaired) electrons. The van der Waals surface area contributed by atoms with Crippen molar-refractivity contribution in [1.82, 2.24) is 20.3 Å². The van der Waals surface area contributed by atoms with Crippen LogP contribution in [-0.4, -0.2) is 64.1 Å². The topological polar surface area (TPSA) is 125 Å². The van der Waals surface area contributed by atoms with Crippen molar-refractivity contribution in [1.29, 1.82) is 5.26 Å². The zero-order valence-corrected chi connectivity index (χ0v) is 21.7. The fourth-order valence-electron chi connectivity index (χ4n) is 4.57. The van der Waals surface area contributed by atoms with E-state index < -0.39 is 11.0 Å². The number of ether oxygens (including phenoxy) is 2. The SMILES string of the molecule is CC(C)(O)CN[C@H]1CC[C@H](Nc2cc(-c3cncc(OCC4(C#N)CCOCC4)n3)c(Cl)cn2)CC1. The number of rotatable bonds is 9. The molecule has 1 aliphatic heterocycles. The van der Waals surface area contributed by atoms with Crippen LogP contribution in [0, 0.1) is 16.7 Å². The second-order valence-electron chi connectivity index (χ2n) is 10.5. The van der Waals surface area contributed by atoms with E-state index in [2.05, 4.69) is 31.7 Å². The minimum atomic E-state index is -0.702. The number of anilines is 1. The fraction of sp³-hybridized carbons (Fsp3) is 0.615. The number of hydrogen-bond donors (Lipinski definition) is 3. The van der Waals surface area contributed by atoms with Gasteiger partial charge in [0, 0.05) is 43.6 Å². The zero-order chi connectivity index (χ0) is 25.6. The summed E-state index contributed by atoms with van der Waals surface area (Å²) in [6.45, 7) is 5.59.